The summed E-state index contributed by atoms with van der Waals surface area (Å²) >= 11 is 0. The number of aromatic nitrogens is 1. The summed E-state index contributed by atoms with van der Waals surface area (Å²) in [6.07, 6.45) is 1.87. The second-order valence-corrected chi connectivity index (χ2v) is 13.2. The molecule has 0 saturated heterocycles. The zero-order valence-corrected chi connectivity index (χ0v) is 28.3. The van der Waals surface area contributed by atoms with Gasteiger partial charge in [0.2, 0.25) is 0 Å². The van der Waals surface area contributed by atoms with Gasteiger partial charge in [0.25, 0.3) is 0 Å². The topological polar surface area (TPSA) is 29.3 Å². The van der Waals surface area contributed by atoms with E-state index in [-0.39, 0.29) is 0 Å². The maximum absolute atomic E-state index is 6.37. The lowest BCUT2D eigenvalue weighted by Crippen LogP contribution is -2.12. The number of hydrogen-bond acceptors (Lipinski definition) is 3. The molecule has 0 fully saturated rings. The Morgan fingerprint density at radius 1 is 0.365 bits per heavy atom. The maximum Gasteiger partial charge on any atom is 0.153 e. The number of nitrogens with zero attached hydrogens (tertiary/aromatic N) is 2. The molecule has 0 amide bonds. The zero-order valence-electron chi connectivity index (χ0n) is 28.3. The van der Waals surface area contributed by atoms with Gasteiger partial charge in [-0.1, -0.05) is 140 Å². The summed E-state index contributed by atoms with van der Waals surface area (Å²) < 4.78 is 6.37. The lowest BCUT2D eigenvalue weighted by atomic mass is 9.92. The molecule has 52 heavy (non-hydrogen) atoms. The molecule has 0 spiro atoms. The van der Waals surface area contributed by atoms with Crippen LogP contribution in [0.5, 0.6) is 0 Å². The normalized spacial score (nSPS) is 11.5. The van der Waals surface area contributed by atoms with Crippen LogP contribution in [0.2, 0.25) is 0 Å². The Morgan fingerprint density at radius 3 is 1.79 bits per heavy atom. The molecular formula is C49H32N2O. The lowest BCUT2D eigenvalue weighted by molar-refractivity contribution is 0.667. The van der Waals surface area contributed by atoms with Crippen LogP contribution in [0, 0.1) is 0 Å². The second kappa shape index (κ2) is 12.4. The van der Waals surface area contributed by atoms with Gasteiger partial charge in [0.1, 0.15) is 11.4 Å². The molecule has 3 nitrogen and oxygen atoms in total. The monoisotopic (exact) mass is 664 g/mol. The smallest absolute Gasteiger partial charge is 0.153 e. The Labute approximate surface area is 301 Å². The molecule has 244 valence electrons. The second-order valence-electron chi connectivity index (χ2n) is 13.2. The van der Waals surface area contributed by atoms with Crippen molar-refractivity contribution in [2.45, 2.75) is 0 Å². The van der Waals surface area contributed by atoms with Crippen LogP contribution in [0.1, 0.15) is 0 Å². The first-order chi connectivity index (χ1) is 25.7. The lowest BCUT2D eigenvalue weighted by Gasteiger charge is -2.26. The van der Waals surface area contributed by atoms with Crippen LogP contribution >= 0.6 is 0 Å². The number of furan rings is 1. The highest BCUT2D eigenvalue weighted by atomic mass is 16.3. The van der Waals surface area contributed by atoms with E-state index in [0.29, 0.717) is 0 Å². The van der Waals surface area contributed by atoms with E-state index in [9.17, 15) is 0 Å². The molecule has 2 aromatic heterocycles. The molecule has 0 aliphatic heterocycles. The summed E-state index contributed by atoms with van der Waals surface area (Å²) in [5.41, 5.74) is 10.6. The summed E-state index contributed by atoms with van der Waals surface area (Å²) in [5, 5.41) is 6.90. The minimum atomic E-state index is 0.767. The van der Waals surface area contributed by atoms with E-state index in [1.54, 1.807) is 0 Å². The third-order valence-electron chi connectivity index (χ3n) is 10.1. The minimum absolute atomic E-state index is 0.767. The van der Waals surface area contributed by atoms with Crippen LogP contribution in [0.4, 0.5) is 17.2 Å². The van der Waals surface area contributed by atoms with Crippen molar-refractivity contribution >= 4 is 60.7 Å². The van der Waals surface area contributed by atoms with Gasteiger partial charge in [0.05, 0.1) is 6.20 Å². The Kier molecular flexibility index (Phi) is 7.14. The number of hydrogen-bond donors (Lipinski definition) is 0. The molecule has 0 aliphatic carbocycles. The number of pyridine rings is 1. The molecule has 0 unspecified atom stereocenters. The van der Waals surface area contributed by atoms with Gasteiger partial charge in [-0.25, -0.2) is 4.98 Å². The summed E-state index contributed by atoms with van der Waals surface area (Å²) in [7, 11) is 0. The van der Waals surface area contributed by atoms with Crippen LogP contribution in [-0.2, 0) is 0 Å². The van der Waals surface area contributed by atoms with Crippen molar-refractivity contribution < 1.29 is 4.42 Å². The Bertz CT molecular complexity index is 2910. The quantitative estimate of drug-likeness (QED) is 0.177. The van der Waals surface area contributed by atoms with Crippen molar-refractivity contribution in [1.29, 1.82) is 0 Å². The van der Waals surface area contributed by atoms with Gasteiger partial charge in [0, 0.05) is 22.1 Å². The fourth-order valence-corrected chi connectivity index (χ4v) is 7.48. The Hall–Kier alpha value is -6.97. The van der Waals surface area contributed by atoms with Crippen LogP contribution < -0.4 is 4.90 Å². The first-order valence-electron chi connectivity index (χ1n) is 17.6. The van der Waals surface area contributed by atoms with Crippen molar-refractivity contribution in [3.8, 4) is 33.4 Å². The van der Waals surface area contributed by atoms with Crippen molar-refractivity contribution in [2.24, 2.45) is 0 Å². The van der Waals surface area contributed by atoms with Crippen molar-refractivity contribution in [1.82, 2.24) is 4.98 Å². The van der Waals surface area contributed by atoms with Crippen molar-refractivity contribution in [2.75, 3.05) is 4.90 Å². The van der Waals surface area contributed by atoms with Crippen LogP contribution in [0.3, 0.4) is 0 Å². The van der Waals surface area contributed by atoms with E-state index in [0.717, 1.165) is 66.8 Å². The van der Waals surface area contributed by atoms with Gasteiger partial charge in [-0.05, 0) is 103 Å². The average molecular weight is 665 g/mol. The number of anilines is 3. The molecule has 8 aromatic carbocycles. The predicted molar refractivity (Wildman–Crippen MR) is 218 cm³/mol. The highest BCUT2D eigenvalue weighted by molar-refractivity contribution is 6.10. The zero-order chi connectivity index (χ0) is 34.4. The Balaban J connectivity index is 1.20. The first-order valence-corrected chi connectivity index (χ1v) is 17.6. The van der Waals surface area contributed by atoms with Crippen LogP contribution in [0.15, 0.2) is 199 Å². The molecule has 0 aliphatic rings. The van der Waals surface area contributed by atoms with Crippen LogP contribution in [-0.4, -0.2) is 4.98 Å². The highest BCUT2D eigenvalue weighted by Crippen LogP contribution is 2.43. The number of fused-ring (bicyclic) bond motifs is 5. The predicted octanol–water partition coefficient (Wildman–Crippen LogP) is 13.8. The SMILES string of the molecule is c1ccc(-c2cccc(N(c3ccc(-c4ccc5ccccc5c4)c(-c4ccccc4)c3)c3cc4c(cn3)oc3cc5ccccc5cc34)c2)cc1. The number of rotatable bonds is 6. The summed E-state index contributed by atoms with van der Waals surface area (Å²) in [5.74, 6) is 0.811. The van der Waals surface area contributed by atoms with Gasteiger partial charge >= 0.3 is 0 Å². The molecular weight excluding hydrogens is 633 g/mol. The van der Waals surface area contributed by atoms with Gasteiger partial charge in [-0.15, -0.1) is 0 Å². The summed E-state index contributed by atoms with van der Waals surface area (Å²) in [6.45, 7) is 0. The van der Waals surface area contributed by atoms with E-state index >= 15 is 0 Å². The summed E-state index contributed by atoms with van der Waals surface area (Å²) in [6, 6.07) is 66.9. The van der Waals surface area contributed by atoms with Crippen molar-refractivity contribution in [3.63, 3.8) is 0 Å². The van der Waals surface area contributed by atoms with Gasteiger partial charge in [-0.2, -0.15) is 0 Å². The average Bonchev–Trinajstić information content (AvgIpc) is 3.57. The van der Waals surface area contributed by atoms with Gasteiger partial charge < -0.3 is 4.42 Å². The molecule has 0 radical (unpaired) electrons. The molecule has 0 atom stereocenters. The van der Waals surface area contributed by atoms with Crippen LogP contribution in [0.25, 0.3) is 76.9 Å². The van der Waals surface area contributed by atoms with Gasteiger partial charge in [-0.3, -0.25) is 4.90 Å². The van der Waals surface area contributed by atoms with E-state index < -0.39 is 0 Å². The van der Waals surface area contributed by atoms with Gasteiger partial charge in [0.15, 0.2) is 5.58 Å². The molecule has 10 aromatic rings. The summed E-state index contributed by atoms with van der Waals surface area (Å²) in [4.78, 5) is 7.34. The van der Waals surface area contributed by atoms with E-state index in [2.05, 4.69) is 193 Å². The standard InChI is InChI=1S/C49H32N2O/c1-3-12-33(13-4-1)37-20-11-21-41(27-37)51(49-31-46-45-28-38-18-9-10-19-39(38)29-47(45)52-48(46)32-50-49)42-24-25-43(44(30-42)35-15-5-2-6-16-35)40-23-22-34-14-7-8-17-36(34)26-40/h1-32H. The third kappa shape index (κ3) is 5.28. The third-order valence-corrected chi connectivity index (χ3v) is 10.1. The fourth-order valence-electron chi connectivity index (χ4n) is 7.48. The molecule has 10 rings (SSSR count). The molecule has 2 heterocycles. The van der Waals surface area contributed by atoms with Crippen molar-refractivity contribution in [3.05, 3.63) is 194 Å². The maximum atomic E-state index is 6.37. The Morgan fingerprint density at radius 2 is 1.00 bits per heavy atom. The van der Waals surface area contributed by atoms with E-state index in [4.69, 9.17) is 9.40 Å². The first kappa shape index (κ1) is 29.9. The fraction of sp³-hybridized carbons (Fsp3) is 0. The number of benzene rings is 8. The molecule has 0 bridgehead atoms. The highest BCUT2D eigenvalue weighted by Gasteiger charge is 2.20. The van der Waals surface area contributed by atoms with E-state index in [1.807, 2.05) is 6.20 Å². The molecule has 0 N–H and O–H groups in total. The molecule has 3 heteroatoms. The largest absolute Gasteiger partial charge is 0.454 e. The molecule has 0 saturated carbocycles. The minimum Gasteiger partial charge on any atom is -0.454 e. The van der Waals surface area contributed by atoms with E-state index in [1.165, 1.54) is 27.3 Å².